The van der Waals surface area contributed by atoms with Crippen molar-refractivity contribution >= 4 is 34.6 Å². The number of aromatic amines is 1. The summed E-state index contributed by atoms with van der Waals surface area (Å²) in [5.74, 6) is -0.0866. The Bertz CT molecular complexity index is 864. The number of hydrogen-bond donors (Lipinski definition) is 2. The molecule has 0 aliphatic rings. The lowest BCUT2D eigenvalue weighted by molar-refractivity contribution is -0.105. The van der Waals surface area contributed by atoms with Gasteiger partial charge in [-0.1, -0.05) is 43.3 Å². The van der Waals surface area contributed by atoms with Crippen LogP contribution in [0.25, 0.3) is 11.2 Å². The number of imidazole rings is 1. The van der Waals surface area contributed by atoms with Crippen LogP contribution in [0.1, 0.15) is 25.6 Å². The second kappa shape index (κ2) is 7.94. The SMILES string of the molecule is CCCCc1nc2nc(Nc3ccccc3)nc(SCC(F)(F)F)c2[nH]1. The van der Waals surface area contributed by atoms with Gasteiger partial charge in [-0.3, -0.25) is 0 Å². The van der Waals surface area contributed by atoms with E-state index in [0.29, 0.717) is 28.8 Å². The first-order valence-corrected chi connectivity index (χ1v) is 9.21. The van der Waals surface area contributed by atoms with Gasteiger partial charge >= 0.3 is 6.18 Å². The van der Waals surface area contributed by atoms with E-state index in [1.807, 2.05) is 30.3 Å². The van der Waals surface area contributed by atoms with Crippen molar-refractivity contribution in [2.45, 2.75) is 37.4 Å². The van der Waals surface area contributed by atoms with Crippen LogP contribution in [0.5, 0.6) is 0 Å². The standard InChI is InChI=1S/C17H18F3N5S/c1-2-3-9-12-22-13-14(23-12)24-16(21-11-7-5-4-6-8-11)25-15(13)26-10-17(18,19)20/h4-8H,2-3,9-10H2,1H3,(H2,21,22,23,24,25). The molecule has 0 amide bonds. The topological polar surface area (TPSA) is 66.5 Å². The molecular formula is C17H18F3N5S. The third-order valence-corrected chi connectivity index (χ3v) is 4.58. The summed E-state index contributed by atoms with van der Waals surface area (Å²) in [5, 5.41) is 3.25. The molecule has 0 aliphatic heterocycles. The molecule has 26 heavy (non-hydrogen) atoms. The first kappa shape index (κ1) is 18.5. The first-order valence-electron chi connectivity index (χ1n) is 8.23. The average Bonchev–Trinajstić information content (AvgIpc) is 3.01. The van der Waals surface area contributed by atoms with Crippen molar-refractivity contribution in [3.8, 4) is 0 Å². The van der Waals surface area contributed by atoms with Crippen molar-refractivity contribution in [2.75, 3.05) is 11.1 Å². The molecular weight excluding hydrogens is 363 g/mol. The molecule has 0 bridgehead atoms. The number of nitrogens with zero attached hydrogens (tertiary/aromatic N) is 3. The van der Waals surface area contributed by atoms with Crippen molar-refractivity contribution < 1.29 is 13.2 Å². The number of fused-ring (bicyclic) bond motifs is 1. The van der Waals surface area contributed by atoms with E-state index in [-0.39, 0.29) is 11.0 Å². The molecule has 0 aliphatic carbocycles. The van der Waals surface area contributed by atoms with Crippen molar-refractivity contribution in [1.82, 2.24) is 19.9 Å². The van der Waals surface area contributed by atoms with Crippen molar-refractivity contribution in [3.05, 3.63) is 36.2 Å². The Morgan fingerprint density at radius 3 is 2.58 bits per heavy atom. The zero-order chi connectivity index (χ0) is 18.6. The third-order valence-electron chi connectivity index (χ3n) is 3.54. The fraction of sp³-hybridized carbons (Fsp3) is 0.353. The number of nitrogens with one attached hydrogen (secondary N) is 2. The number of benzene rings is 1. The molecule has 5 nitrogen and oxygen atoms in total. The zero-order valence-corrected chi connectivity index (χ0v) is 14.9. The Hall–Kier alpha value is -2.29. The average molecular weight is 381 g/mol. The molecule has 0 unspecified atom stereocenters. The summed E-state index contributed by atoms with van der Waals surface area (Å²) in [6.45, 7) is 2.06. The second-order valence-electron chi connectivity index (χ2n) is 5.73. The van der Waals surface area contributed by atoms with Gasteiger partial charge in [0.15, 0.2) is 5.65 Å². The molecule has 2 N–H and O–H groups in total. The molecule has 0 atom stereocenters. The number of rotatable bonds is 7. The molecule has 0 saturated heterocycles. The van der Waals surface area contributed by atoms with Crippen molar-refractivity contribution in [1.29, 1.82) is 0 Å². The molecule has 3 rings (SSSR count). The molecule has 9 heteroatoms. The van der Waals surface area contributed by atoms with Crippen molar-refractivity contribution in [2.24, 2.45) is 0 Å². The van der Waals surface area contributed by atoms with Gasteiger partial charge in [-0.15, -0.1) is 0 Å². The van der Waals surface area contributed by atoms with Gasteiger partial charge in [0.1, 0.15) is 16.4 Å². The fourth-order valence-corrected chi connectivity index (χ4v) is 3.08. The monoisotopic (exact) mass is 381 g/mol. The number of para-hydroxylation sites is 1. The maximum atomic E-state index is 12.7. The summed E-state index contributed by atoms with van der Waals surface area (Å²) in [6.07, 6.45) is -1.62. The Morgan fingerprint density at radius 1 is 1.12 bits per heavy atom. The van der Waals surface area contributed by atoms with Crippen LogP contribution in [0.15, 0.2) is 35.4 Å². The highest BCUT2D eigenvalue weighted by molar-refractivity contribution is 7.99. The lowest BCUT2D eigenvalue weighted by Gasteiger charge is -2.08. The maximum absolute atomic E-state index is 12.7. The number of anilines is 2. The molecule has 3 aromatic rings. The van der Waals surface area contributed by atoms with Gasteiger partial charge < -0.3 is 10.3 Å². The predicted molar refractivity (Wildman–Crippen MR) is 96.8 cm³/mol. The predicted octanol–water partition coefficient (Wildman–Crippen LogP) is 5.09. The molecule has 1 aromatic carbocycles. The summed E-state index contributed by atoms with van der Waals surface area (Å²) < 4.78 is 38.0. The van der Waals surface area contributed by atoms with E-state index in [2.05, 4.69) is 32.2 Å². The second-order valence-corrected chi connectivity index (χ2v) is 6.70. The Kier molecular flexibility index (Phi) is 5.65. The highest BCUT2D eigenvalue weighted by atomic mass is 32.2. The van der Waals surface area contributed by atoms with Crippen LogP contribution in [0.2, 0.25) is 0 Å². The summed E-state index contributed by atoms with van der Waals surface area (Å²) in [4.78, 5) is 16.1. The Balaban J connectivity index is 1.94. The van der Waals surface area contributed by atoms with Gasteiger partial charge in [-0.2, -0.15) is 18.2 Å². The molecule has 2 heterocycles. The normalized spacial score (nSPS) is 11.8. The van der Waals surface area contributed by atoms with Gasteiger partial charge in [-0.05, 0) is 18.6 Å². The first-order chi connectivity index (χ1) is 12.4. The summed E-state index contributed by atoms with van der Waals surface area (Å²) in [5.41, 5.74) is 1.57. The summed E-state index contributed by atoms with van der Waals surface area (Å²) >= 11 is 0.631. The van der Waals surface area contributed by atoms with Crippen LogP contribution in [-0.2, 0) is 6.42 Å². The Labute approximate surface area is 152 Å². The van der Waals surface area contributed by atoms with Crippen LogP contribution < -0.4 is 5.32 Å². The minimum atomic E-state index is -4.28. The van der Waals surface area contributed by atoms with Crippen LogP contribution in [0.4, 0.5) is 24.8 Å². The van der Waals surface area contributed by atoms with E-state index in [1.165, 1.54) is 0 Å². The minimum Gasteiger partial charge on any atom is -0.338 e. The lowest BCUT2D eigenvalue weighted by atomic mass is 10.2. The van der Waals surface area contributed by atoms with Gasteiger partial charge in [-0.25, -0.2) is 9.97 Å². The summed E-state index contributed by atoms with van der Waals surface area (Å²) in [6, 6.07) is 9.21. The van der Waals surface area contributed by atoms with E-state index >= 15 is 0 Å². The number of thioether (sulfide) groups is 1. The minimum absolute atomic E-state index is 0.224. The number of alkyl halides is 3. The quantitative estimate of drug-likeness (QED) is 0.441. The number of halogens is 3. The molecule has 0 spiro atoms. The van der Waals surface area contributed by atoms with Gasteiger partial charge in [0.25, 0.3) is 0 Å². The van der Waals surface area contributed by atoms with Gasteiger partial charge in [0.05, 0.1) is 5.75 Å². The van der Waals surface area contributed by atoms with E-state index in [4.69, 9.17) is 0 Å². The van der Waals surface area contributed by atoms with Crippen LogP contribution in [0.3, 0.4) is 0 Å². The van der Waals surface area contributed by atoms with E-state index in [0.717, 1.165) is 24.9 Å². The maximum Gasteiger partial charge on any atom is 0.398 e. The number of H-pyrrole nitrogens is 1. The highest BCUT2D eigenvalue weighted by Gasteiger charge is 2.28. The third kappa shape index (κ3) is 4.87. The van der Waals surface area contributed by atoms with Crippen LogP contribution >= 0.6 is 11.8 Å². The van der Waals surface area contributed by atoms with E-state index in [9.17, 15) is 13.2 Å². The number of hydrogen-bond acceptors (Lipinski definition) is 5. The van der Waals surface area contributed by atoms with Crippen LogP contribution in [0, 0.1) is 0 Å². The van der Waals surface area contributed by atoms with Crippen LogP contribution in [-0.4, -0.2) is 31.9 Å². The van der Waals surface area contributed by atoms with E-state index in [1.54, 1.807) is 0 Å². The zero-order valence-electron chi connectivity index (χ0n) is 14.1. The smallest absolute Gasteiger partial charge is 0.338 e. The Morgan fingerprint density at radius 2 is 1.88 bits per heavy atom. The fourth-order valence-electron chi connectivity index (χ4n) is 2.34. The lowest BCUT2D eigenvalue weighted by Crippen LogP contribution is -2.11. The highest BCUT2D eigenvalue weighted by Crippen LogP contribution is 2.31. The van der Waals surface area contributed by atoms with Crippen molar-refractivity contribution in [3.63, 3.8) is 0 Å². The number of unbranched alkanes of at least 4 members (excludes halogenated alkanes) is 1. The molecule has 2 aromatic heterocycles. The molecule has 0 radical (unpaired) electrons. The molecule has 0 fully saturated rings. The molecule has 0 saturated carbocycles. The van der Waals surface area contributed by atoms with E-state index < -0.39 is 11.9 Å². The summed E-state index contributed by atoms with van der Waals surface area (Å²) in [7, 11) is 0. The van der Waals surface area contributed by atoms with Gasteiger partial charge in [0, 0.05) is 12.1 Å². The number of aromatic nitrogens is 4. The number of aryl methyl sites for hydroxylation is 1. The molecule has 138 valence electrons. The largest absolute Gasteiger partial charge is 0.398 e. The van der Waals surface area contributed by atoms with Gasteiger partial charge in [0.2, 0.25) is 5.95 Å².